The number of hydrogen-bond donors (Lipinski definition) is 2. The van der Waals surface area contributed by atoms with Crippen LogP contribution in [0.15, 0.2) is 23.1 Å². The number of halogens is 1. The van der Waals surface area contributed by atoms with Gasteiger partial charge in [-0.3, -0.25) is 14.9 Å². The number of sulfonamides is 1. The van der Waals surface area contributed by atoms with Crippen molar-refractivity contribution < 1.29 is 23.2 Å². The maximum Gasteiger partial charge on any atom is 0.305 e. The van der Waals surface area contributed by atoms with Gasteiger partial charge in [-0.25, -0.2) is 13.1 Å². The Kier molecular flexibility index (Phi) is 4.92. The molecule has 0 fully saturated rings. The lowest BCUT2D eigenvalue weighted by Gasteiger charge is -2.24. The number of non-ortho nitro benzene ring substituents is 1. The number of rotatable bonds is 6. The van der Waals surface area contributed by atoms with Crippen molar-refractivity contribution >= 4 is 33.3 Å². The number of carboxylic acids is 1. The van der Waals surface area contributed by atoms with E-state index in [1.54, 1.807) is 0 Å². The lowest BCUT2D eigenvalue weighted by molar-refractivity contribution is -0.385. The predicted octanol–water partition coefficient (Wildman–Crippen LogP) is 1.78. The van der Waals surface area contributed by atoms with E-state index in [9.17, 15) is 23.3 Å². The van der Waals surface area contributed by atoms with Crippen molar-refractivity contribution in [3.63, 3.8) is 0 Å². The molecule has 0 saturated heterocycles. The summed E-state index contributed by atoms with van der Waals surface area (Å²) >= 11 is 5.76. The van der Waals surface area contributed by atoms with Gasteiger partial charge in [0.1, 0.15) is 4.90 Å². The summed E-state index contributed by atoms with van der Waals surface area (Å²) in [4.78, 5) is 20.2. The molecule has 0 heterocycles. The molecule has 1 aromatic rings. The van der Waals surface area contributed by atoms with E-state index in [4.69, 9.17) is 16.7 Å². The molecule has 21 heavy (non-hydrogen) atoms. The molecular formula is C11H13ClN2O6S. The van der Waals surface area contributed by atoms with Crippen LogP contribution in [0.1, 0.15) is 20.3 Å². The molecule has 0 radical (unpaired) electrons. The summed E-state index contributed by atoms with van der Waals surface area (Å²) in [6.07, 6.45) is -0.460. The third kappa shape index (κ3) is 4.66. The van der Waals surface area contributed by atoms with Crippen LogP contribution in [-0.4, -0.2) is 30.0 Å². The van der Waals surface area contributed by atoms with Crippen LogP contribution in [0.25, 0.3) is 0 Å². The first kappa shape index (κ1) is 17.3. The lowest BCUT2D eigenvalue weighted by atomic mass is 10.0. The number of nitrogens with zero attached hydrogens (tertiary/aromatic N) is 1. The number of nitro groups is 1. The number of carbonyl (C=O) groups is 1. The van der Waals surface area contributed by atoms with Crippen LogP contribution in [0, 0.1) is 10.1 Å². The van der Waals surface area contributed by atoms with Crippen molar-refractivity contribution in [2.24, 2.45) is 0 Å². The molecule has 0 saturated carbocycles. The number of carboxylic acid groups (broad SMARTS) is 1. The second kappa shape index (κ2) is 5.96. The summed E-state index contributed by atoms with van der Waals surface area (Å²) in [7, 11) is -4.20. The highest BCUT2D eigenvalue weighted by atomic mass is 35.5. The summed E-state index contributed by atoms with van der Waals surface area (Å²) in [5, 5.41) is 19.2. The summed E-state index contributed by atoms with van der Waals surface area (Å²) in [5.41, 5.74) is -1.71. The standard InChI is InChI=1S/C11H13ClN2O6S/c1-11(2,6-10(15)16)13-21(19,20)9-5-7(14(17)18)3-4-8(9)12/h3-5,13H,6H2,1-2H3,(H,15,16). The predicted molar refractivity (Wildman–Crippen MR) is 74.8 cm³/mol. The third-order valence-corrected chi connectivity index (χ3v) is 4.60. The highest BCUT2D eigenvalue weighted by Crippen LogP contribution is 2.27. The highest BCUT2D eigenvalue weighted by Gasteiger charge is 2.30. The topological polar surface area (TPSA) is 127 Å². The van der Waals surface area contributed by atoms with Gasteiger partial charge >= 0.3 is 5.97 Å². The molecular weight excluding hydrogens is 324 g/mol. The van der Waals surface area contributed by atoms with Gasteiger partial charge in [-0.1, -0.05) is 11.6 Å². The van der Waals surface area contributed by atoms with Crippen LogP contribution < -0.4 is 4.72 Å². The first-order chi connectivity index (χ1) is 9.44. The van der Waals surface area contributed by atoms with Crippen LogP contribution >= 0.6 is 11.6 Å². The Hall–Kier alpha value is -1.71. The first-order valence-electron chi connectivity index (χ1n) is 5.64. The molecule has 0 atom stereocenters. The summed E-state index contributed by atoms with van der Waals surface area (Å²) in [6, 6.07) is 2.99. The van der Waals surface area contributed by atoms with E-state index in [-0.39, 0.29) is 5.02 Å². The molecule has 0 amide bonds. The summed E-state index contributed by atoms with van der Waals surface area (Å²) in [5.74, 6) is -1.19. The Balaban J connectivity index is 3.22. The zero-order valence-electron chi connectivity index (χ0n) is 11.2. The van der Waals surface area contributed by atoms with E-state index >= 15 is 0 Å². The van der Waals surface area contributed by atoms with Gasteiger partial charge in [0.15, 0.2) is 0 Å². The monoisotopic (exact) mass is 336 g/mol. The molecule has 0 aliphatic heterocycles. The molecule has 0 bridgehead atoms. The maximum absolute atomic E-state index is 12.2. The van der Waals surface area contributed by atoms with Crippen molar-refractivity contribution in [3.8, 4) is 0 Å². The molecule has 0 aliphatic carbocycles. The quantitative estimate of drug-likeness (QED) is 0.602. The number of benzene rings is 1. The Bertz CT molecular complexity index is 686. The largest absolute Gasteiger partial charge is 0.481 e. The maximum atomic E-state index is 12.2. The molecule has 1 aromatic carbocycles. The van der Waals surface area contributed by atoms with Crippen LogP contribution in [0.4, 0.5) is 5.69 Å². The minimum absolute atomic E-state index is 0.195. The van der Waals surface area contributed by atoms with Gasteiger partial charge in [0.25, 0.3) is 5.69 Å². The van der Waals surface area contributed by atoms with E-state index in [2.05, 4.69) is 4.72 Å². The highest BCUT2D eigenvalue weighted by molar-refractivity contribution is 7.89. The van der Waals surface area contributed by atoms with Crippen LogP contribution in [-0.2, 0) is 14.8 Å². The molecule has 8 nitrogen and oxygen atoms in total. The second-order valence-electron chi connectivity index (χ2n) is 4.93. The Morgan fingerprint density at radius 3 is 2.52 bits per heavy atom. The Morgan fingerprint density at radius 1 is 1.48 bits per heavy atom. The summed E-state index contributed by atoms with van der Waals surface area (Å²) < 4.78 is 26.6. The average molecular weight is 337 g/mol. The Labute approximate surface area is 125 Å². The van der Waals surface area contributed by atoms with Gasteiger partial charge in [-0.05, 0) is 19.9 Å². The van der Waals surface area contributed by atoms with Gasteiger partial charge in [-0.2, -0.15) is 0 Å². The van der Waals surface area contributed by atoms with Gasteiger partial charge in [0.2, 0.25) is 10.0 Å². The molecule has 10 heteroatoms. The molecule has 2 N–H and O–H groups in total. The number of hydrogen-bond acceptors (Lipinski definition) is 5. The van der Waals surface area contributed by atoms with Crippen LogP contribution in [0.2, 0.25) is 5.02 Å². The van der Waals surface area contributed by atoms with Crippen molar-refractivity contribution in [1.82, 2.24) is 4.72 Å². The lowest BCUT2D eigenvalue weighted by Crippen LogP contribution is -2.44. The molecule has 0 aliphatic rings. The number of nitro benzene ring substituents is 1. The number of aliphatic carboxylic acids is 1. The molecule has 0 unspecified atom stereocenters. The zero-order valence-corrected chi connectivity index (χ0v) is 12.7. The normalized spacial score (nSPS) is 12.1. The van der Waals surface area contributed by atoms with Crippen molar-refractivity contribution in [2.45, 2.75) is 30.7 Å². The minimum Gasteiger partial charge on any atom is -0.481 e. The van der Waals surface area contributed by atoms with Gasteiger partial charge in [0, 0.05) is 17.7 Å². The SMILES string of the molecule is CC(C)(CC(=O)O)NS(=O)(=O)c1cc([N+](=O)[O-])ccc1Cl. The van der Waals surface area contributed by atoms with Gasteiger partial charge < -0.3 is 5.11 Å². The molecule has 116 valence electrons. The molecule has 1 rings (SSSR count). The zero-order chi connectivity index (χ0) is 16.4. The first-order valence-corrected chi connectivity index (χ1v) is 7.50. The van der Waals surface area contributed by atoms with Crippen LogP contribution in [0.3, 0.4) is 0 Å². The van der Waals surface area contributed by atoms with Crippen molar-refractivity contribution in [2.75, 3.05) is 0 Å². The minimum atomic E-state index is -4.20. The van der Waals surface area contributed by atoms with Gasteiger partial charge in [-0.15, -0.1) is 0 Å². The summed E-state index contributed by atoms with van der Waals surface area (Å²) in [6.45, 7) is 2.76. The van der Waals surface area contributed by atoms with E-state index in [1.807, 2.05) is 0 Å². The van der Waals surface area contributed by atoms with Gasteiger partial charge in [0.05, 0.1) is 16.4 Å². The van der Waals surface area contributed by atoms with E-state index in [1.165, 1.54) is 13.8 Å². The van der Waals surface area contributed by atoms with Crippen LogP contribution in [0.5, 0.6) is 0 Å². The Morgan fingerprint density at radius 2 is 2.05 bits per heavy atom. The fraction of sp³-hybridized carbons (Fsp3) is 0.364. The average Bonchev–Trinajstić information content (AvgIpc) is 2.24. The van der Waals surface area contributed by atoms with E-state index in [0.29, 0.717) is 0 Å². The third-order valence-electron chi connectivity index (χ3n) is 2.42. The van der Waals surface area contributed by atoms with E-state index < -0.39 is 43.5 Å². The second-order valence-corrected chi connectivity index (χ2v) is 6.99. The van der Waals surface area contributed by atoms with Crippen molar-refractivity contribution in [3.05, 3.63) is 33.3 Å². The smallest absolute Gasteiger partial charge is 0.305 e. The fourth-order valence-electron chi connectivity index (χ4n) is 1.64. The number of nitrogens with one attached hydrogen (secondary N) is 1. The fourth-order valence-corrected chi connectivity index (χ4v) is 3.58. The van der Waals surface area contributed by atoms with E-state index in [0.717, 1.165) is 18.2 Å². The molecule has 0 aromatic heterocycles. The van der Waals surface area contributed by atoms with Crippen molar-refractivity contribution in [1.29, 1.82) is 0 Å². The molecule has 0 spiro atoms.